The van der Waals surface area contributed by atoms with Gasteiger partial charge in [0.2, 0.25) is 0 Å². The minimum atomic E-state index is -1.41. The van der Waals surface area contributed by atoms with Crippen LogP contribution in [0.15, 0.2) is 35.4 Å². The summed E-state index contributed by atoms with van der Waals surface area (Å²) in [4.78, 5) is 68.5. The summed E-state index contributed by atoms with van der Waals surface area (Å²) in [7, 11) is 2.36. The normalized spacial score (nSPS) is 14.9. The number of nitro groups is 1. The van der Waals surface area contributed by atoms with Crippen LogP contribution in [0.4, 0.5) is 25.0 Å². The van der Waals surface area contributed by atoms with Gasteiger partial charge in [0, 0.05) is 13.1 Å². The first-order valence-corrected chi connectivity index (χ1v) is 15.9. The number of pyridine rings is 2. The van der Waals surface area contributed by atoms with E-state index in [4.69, 9.17) is 14.2 Å². The number of esters is 1. The van der Waals surface area contributed by atoms with E-state index in [1.165, 1.54) is 35.4 Å². The molecule has 4 heterocycles. The van der Waals surface area contributed by atoms with E-state index in [1.54, 1.807) is 41.5 Å². The molecule has 51 heavy (non-hydrogen) atoms. The Labute approximate surface area is 290 Å². The Morgan fingerprint density at radius 3 is 2.39 bits per heavy atom. The largest absolute Gasteiger partial charge is 0.496 e. The molecule has 1 atom stereocenters. The fourth-order valence-corrected chi connectivity index (χ4v) is 6.06. The molecule has 3 aromatic heterocycles. The SMILES string of the molecule is COC(=O)[C@H]1CN(C(=O)OC(C)(C)C)CCN1c1c([N+](=O)[O-])c(=O)n(-c2c(C)ncnc2C(C)C)c2nc(-c3c(F)cccc3OC)c(F)cc12. The summed E-state index contributed by atoms with van der Waals surface area (Å²) in [5, 5.41) is 12.7. The number of fused-ring (bicyclic) bond motifs is 1. The molecule has 1 amide bonds. The summed E-state index contributed by atoms with van der Waals surface area (Å²) in [6, 6.07) is 3.32. The quantitative estimate of drug-likeness (QED) is 0.142. The van der Waals surface area contributed by atoms with Gasteiger partial charge in [-0.3, -0.25) is 19.5 Å². The summed E-state index contributed by atoms with van der Waals surface area (Å²) in [6.45, 7) is 9.44. The van der Waals surface area contributed by atoms with Gasteiger partial charge in [-0.25, -0.2) is 33.3 Å². The third-order valence-electron chi connectivity index (χ3n) is 8.26. The maximum absolute atomic E-state index is 16.4. The molecule has 5 rings (SSSR count). The topological polar surface area (TPSA) is 172 Å². The average Bonchev–Trinajstić information content (AvgIpc) is 3.06. The first kappa shape index (κ1) is 36.5. The van der Waals surface area contributed by atoms with Gasteiger partial charge in [0.25, 0.3) is 0 Å². The molecule has 17 heteroatoms. The third kappa shape index (κ3) is 6.74. The summed E-state index contributed by atoms with van der Waals surface area (Å²) < 4.78 is 48.5. The molecule has 1 aromatic carbocycles. The second-order valence-corrected chi connectivity index (χ2v) is 13.1. The average molecular weight is 710 g/mol. The monoisotopic (exact) mass is 709 g/mol. The third-order valence-corrected chi connectivity index (χ3v) is 8.26. The zero-order chi connectivity index (χ0) is 37.5. The first-order chi connectivity index (χ1) is 24.0. The molecule has 0 saturated carbocycles. The summed E-state index contributed by atoms with van der Waals surface area (Å²) in [5.74, 6) is -3.30. The van der Waals surface area contributed by atoms with E-state index in [0.29, 0.717) is 5.69 Å². The number of aromatic nitrogens is 4. The Balaban J connectivity index is 1.91. The van der Waals surface area contributed by atoms with Crippen molar-refractivity contribution in [3.63, 3.8) is 0 Å². The van der Waals surface area contributed by atoms with Crippen molar-refractivity contribution in [3.05, 3.63) is 74.1 Å². The van der Waals surface area contributed by atoms with Crippen molar-refractivity contribution in [2.45, 2.75) is 59.1 Å². The highest BCUT2D eigenvalue weighted by Crippen LogP contribution is 2.41. The van der Waals surface area contributed by atoms with Gasteiger partial charge in [-0.05, 0) is 51.8 Å². The highest BCUT2D eigenvalue weighted by Gasteiger charge is 2.42. The molecule has 4 aromatic rings. The van der Waals surface area contributed by atoms with Crippen molar-refractivity contribution in [3.8, 4) is 22.7 Å². The van der Waals surface area contributed by atoms with Crippen LogP contribution in [0.2, 0.25) is 0 Å². The molecule has 15 nitrogen and oxygen atoms in total. The van der Waals surface area contributed by atoms with Gasteiger partial charge in [0.15, 0.2) is 11.5 Å². The summed E-state index contributed by atoms with van der Waals surface area (Å²) in [5.41, 5.74) is -4.15. The summed E-state index contributed by atoms with van der Waals surface area (Å²) in [6.07, 6.45) is 0.528. The second-order valence-electron chi connectivity index (χ2n) is 13.1. The maximum atomic E-state index is 16.4. The number of benzene rings is 1. The number of carbonyl (C=O) groups excluding carboxylic acids is 2. The zero-order valence-electron chi connectivity index (χ0n) is 29.3. The number of rotatable bonds is 7. The zero-order valence-corrected chi connectivity index (χ0v) is 29.3. The van der Waals surface area contributed by atoms with Crippen LogP contribution in [0.25, 0.3) is 28.0 Å². The fourth-order valence-electron chi connectivity index (χ4n) is 6.06. The second kappa shape index (κ2) is 13.9. The van der Waals surface area contributed by atoms with E-state index in [9.17, 15) is 24.5 Å². The number of piperazine rings is 1. The standard InChI is InChI=1S/C34H37F2N7O8/c1-17(2)25-27(18(3)37-16-38-25)42-30-19(14-21(36)26(39-30)24-20(35)10-9-11-23(24)49-7)28(29(31(42)44)43(47)48)41-13-12-40(15-22(41)32(45)50-8)33(46)51-34(4,5)6/h9-11,14,16-17,22H,12-13,15H2,1-8H3/t22-/m1/s1. The lowest BCUT2D eigenvalue weighted by Gasteiger charge is -2.41. The number of hydrogen-bond donors (Lipinski definition) is 0. The van der Waals surface area contributed by atoms with Gasteiger partial charge < -0.3 is 24.0 Å². The van der Waals surface area contributed by atoms with E-state index in [-0.39, 0.29) is 59.3 Å². The van der Waals surface area contributed by atoms with E-state index in [1.807, 2.05) is 0 Å². The van der Waals surface area contributed by atoms with Gasteiger partial charge in [-0.2, -0.15) is 0 Å². The summed E-state index contributed by atoms with van der Waals surface area (Å²) >= 11 is 0. The van der Waals surface area contributed by atoms with E-state index >= 15 is 8.78 Å². The minimum Gasteiger partial charge on any atom is -0.496 e. The molecule has 1 saturated heterocycles. The highest BCUT2D eigenvalue weighted by molar-refractivity contribution is 5.99. The van der Waals surface area contributed by atoms with Gasteiger partial charge >= 0.3 is 23.3 Å². The Kier molecular flexibility index (Phi) is 9.94. The fraction of sp³-hybridized carbons (Fsp3) is 0.412. The maximum Gasteiger partial charge on any atom is 0.410 e. The number of aryl methyl sites for hydroxylation is 1. The van der Waals surface area contributed by atoms with Crippen molar-refractivity contribution in [1.29, 1.82) is 0 Å². The number of carbonyl (C=O) groups is 2. The number of amides is 1. The Hall–Kier alpha value is -5.74. The molecule has 0 bridgehead atoms. The van der Waals surface area contributed by atoms with Crippen molar-refractivity contribution in [1.82, 2.24) is 24.4 Å². The number of ether oxygens (including phenoxy) is 3. The lowest BCUT2D eigenvalue weighted by Crippen LogP contribution is -2.59. The number of methoxy groups -OCH3 is 2. The van der Waals surface area contributed by atoms with Crippen LogP contribution in [0.1, 0.15) is 51.9 Å². The van der Waals surface area contributed by atoms with Crippen LogP contribution in [0.5, 0.6) is 5.75 Å². The van der Waals surface area contributed by atoms with Crippen LogP contribution in [-0.2, 0) is 14.3 Å². The first-order valence-electron chi connectivity index (χ1n) is 15.9. The predicted molar refractivity (Wildman–Crippen MR) is 181 cm³/mol. The number of halogens is 2. The minimum absolute atomic E-state index is 0.0574. The molecule has 0 N–H and O–H groups in total. The lowest BCUT2D eigenvalue weighted by molar-refractivity contribution is -0.385. The van der Waals surface area contributed by atoms with Gasteiger partial charge in [0.1, 0.15) is 40.9 Å². The van der Waals surface area contributed by atoms with Gasteiger partial charge in [0.05, 0.1) is 53.7 Å². The molecule has 0 unspecified atom stereocenters. The highest BCUT2D eigenvalue weighted by atomic mass is 19.1. The van der Waals surface area contributed by atoms with Crippen molar-refractivity contribution in [2.24, 2.45) is 0 Å². The molecule has 1 fully saturated rings. The molecule has 0 aliphatic carbocycles. The Bertz CT molecular complexity index is 2120. The number of nitrogens with zero attached hydrogens (tertiary/aromatic N) is 7. The number of anilines is 1. The molecular formula is C34H37F2N7O8. The van der Waals surface area contributed by atoms with Crippen LogP contribution in [0, 0.1) is 28.7 Å². The van der Waals surface area contributed by atoms with Crippen LogP contribution >= 0.6 is 0 Å². The van der Waals surface area contributed by atoms with Crippen molar-refractivity contribution in [2.75, 3.05) is 38.8 Å². The molecule has 0 radical (unpaired) electrons. The lowest BCUT2D eigenvalue weighted by atomic mass is 10.0. The van der Waals surface area contributed by atoms with Gasteiger partial charge in [-0.1, -0.05) is 19.9 Å². The molecular weight excluding hydrogens is 672 g/mol. The van der Waals surface area contributed by atoms with E-state index < -0.39 is 62.9 Å². The molecule has 270 valence electrons. The number of hydrogen-bond acceptors (Lipinski definition) is 12. The van der Waals surface area contributed by atoms with Crippen molar-refractivity contribution >= 4 is 34.5 Å². The molecule has 1 aliphatic heterocycles. The Morgan fingerprint density at radius 2 is 1.78 bits per heavy atom. The smallest absolute Gasteiger partial charge is 0.410 e. The van der Waals surface area contributed by atoms with Crippen molar-refractivity contribution < 1.29 is 37.5 Å². The van der Waals surface area contributed by atoms with Crippen LogP contribution in [0.3, 0.4) is 0 Å². The van der Waals surface area contributed by atoms with E-state index in [2.05, 4.69) is 15.0 Å². The van der Waals surface area contributed by atoms with Crippen LogP contribution < -0.4 is 15.2 Å². The van der Waals surface area contributed by atoms with E-state index in [0.717, 1.165) is 23.8 Å². The Morgan fingerprint density at radius 1 is 1.08 bits per heavy atom. The van der Waals surface area contributed by atoms with Crippen LogP contribution in [-0.4, -0.2) is 86.9 Å². The molecule has 0 spiro atoms. The van der Waals surface area contributed by atoms with Gasteiger partial charge in [-0.15, -0.1) is 0 Å². The molecule has 1 aliphatic rings. The predicted octanol–water partition coefficient (Wildman–Crippen LogP) is 5.07.